The summed E-state index contributed by atoms with van der Waals surface area (Å²) in [4.78, 5) is 13.6. The number of hydrogen-bond acceptors (Lipinski definition) is 3. The highest BCUT2D eigenvalue weighted by atomic mass is 16.3. The fourth-order valence-corrected chi connectivity index (χ4v) is 1.83. The summed E-state index contributed by atoms with van der Waals surface area (Å²) in [5.41, 5.74) is -0.159. The number of hydrogen-bond donors (Lipinski definition) is 1. The molecular formula is C10H15N3O2. The van der Waals surface area contributed by atoms with E-state index in [9.17, 15) is 9.90 Å². The fraction of sp³-hybridized carbons (Fsp3) is 0.600. The van der Waals surface area contributed by atoms with E-state index in [1.54, 1.807) is 35.9 Å². The van der Waals surface area contributed by atoms with E-state index >= 15 is 0 Å². The van der Waals surface area contributed by atoms with Gasteiger partial charge in [-0.3, -0.25) is 9.48 Å². The third-order valence-corrected chi connectivity index (χ3v) is 2.69. The van der Waals surface area contributed by atoms with Crippen LogP contribution in [0.3, 0.4) is 0 Å². The first-order valence-corrected chi connectivity index (χ1v) is 4.98. The third kappa shape index (κ3) is 2.02. The van der Waals surface area contributed by atoms with Gasteiger partial charge in [0.05, 0.1) is 17.4 Å². The van der Waals surface area contributed by atoms with Crippen LogP contribution >= 0.6 is 0 Å². The minimum Gasteiger partial charge on any atom is -0.388 e. The van der Waals surface area contributed by atoms with Crippen molar-refractivity contribution in [3.05, 3.63) is 18.0 Å². The van der Waals surface area contributed by atoms with E-state index in [-0.39, 0.29) is 5.91 Å². The molecule has 2 heterocycles. The van der Waals surface area contributed by atoms with Gasteiger partial charge in [0.2, 0.25) is 0 Å². The summed E-state index contributed by atoms with van der Waals surface area (Å²) in [6.07, 6.45) is 3.88. The molecule has 5 nitrogen and oxygen atoms in total. The average Bonchev–Trinajstić information content (AvgIpc) is 2.71. The first-order chi connectivity index (χ1) is 6.98. The molecule has 0 saturated carbocycles. The Kier molecular flexibility index (Phi) is 2.26. The summed E-state index contributed by atoms with van der Waals surface area (Å²) in [6, 6.07) is 0. The van der Waals surface area contributed by atoms with Crippen LogP contribution in [0.25, 0.3) is 0 Å². The lowest BCUT2D eigenvalue weighted by atomic mass is 10.1. The Morgan fingerprint density at radius 1 is 1.67 bits per heavy atom. The van der Waals surface area contributed by atoms with Gasteiger partial charge in [0.25, 0.3) is 5.91 Å². The zero-order valence-corrected chi connectivity index (χ0v) is 8.97. The fourth-order valence-electron chi connectivity index (χ4n) is 1.83. The minimum absolute atomic E-state index is 0.0547. The van der Waals surface area contributed by atoms with Gasteiger partial charge in [0.1, 0.15) is 0 Å². The standard InChI is InChI=1S/C10H15N3O2/c1-10(15)3-4-13(7-10)9(14)8-5-11-12(2)6-8/h5-6,15H,3-4,7H2,1-2H3. The predicted octanol–water partition coefficient (Wildman–Crippen LogP) is 0.0170. The molecule has 1 unspecified atom stereocenters. The van der Waals surface area contributed by atoms with Gasteiger partial charge in [-0.25, -0.2) is 0 Å². The third-order valence-electron chi connectivity index (χ3n) is 2.69. The number of nitrogens with zero attached hydrogens (tertiary/aromatic N) is 3. The number of carbonyl (C=O) groups excluding carboxylic acids is 1. The summed E-state index contributed by atoms with van der Waals surface area (Å²) < 4.78 is 1.60. The van der Waals surface area contributed by atoms with Gasteiger partial charge in [-0.2, -0.15) is 5.10 Å². The quantitative estimate of drug-likeness (QED) is 0.709. The number of aromatic nitrogens is 2. The summed E-state index contributed by atoms with van der Waals surface area (Å²) in [7, 11) is 1.77. The molecule has 1 N–H and O–H groups in total. The molecule has 0 bridgehead atoms. The number of rotatable bonds is 1. The van der Waals surface area contributed by atoms with E-state index < -0.39 is 5.60 Å². The van der Waals surface area contributed by atoms with E-state index in [4.69, 9.17) is 0 Å². The van der Waals surface area contributed by atoms with Gasteiger partial charge in [0, 0.05) is 26.3 Å². The second-order valence-corrected chi connectivity index (χ2v) is 4.38. The van der Waals surface area contributed by atoms with Crippen molar-refractivity contribution >= 4 is 5.91 Å². The van der Waals surface area contributed by atoms with Crippen LogP contribution in [0.5, 0.6) is 0 Å². The van der Waals surface area contributed by atoms with Crippen molar-refractivity contribution in [2.75, 3.05) is 13.1 Å². The van der Waals surface area contributed by atoms with E-state index in [0.717, 1.165) is 0 Å². The molecule has 0 radical (unpaired) electrons. The van der Waals surface area contributed by atoms with Crippen LogP contribution in [0, 0.1) is 0 Å². The lowest BCUT2D eigenvalue weighted by Gasteiger charge is -2.18. The molecular weight excluding hydrogens is 194 g/mol. The predicted molar refractivity (Wildman–Crippen MR) is 54.4 cm³/mol. The Morgan fingerprint density at radius 2 is 2.40 bits per heavy atom. The molecule has 0 spiro atoms. The SMILES string of the molecule is Cn1cc(C(=O)N2CCC(C)(O)C2)cn1. The first-order valence-electron chi connectivity index (χ1n) is 4.98. The Hall–Kier alpha value is -1.36. The highest BCUT2D eigenvalue weighted by molar-refractivity contribution is 5.94. The number of carbonyl (C=O) groups is 1. The van der Waals surface area contributed by atoms with Gasteiger partial charge in [-0.15, -0.1) is 0 Å². The zero-order chi connectivity index (χ0) is 11.1. The van der Waals surface area contributed by atoms with Gasteiger partial charge < -0.3 is 10.0 Å². The highest BCUT2D eigenvalue weighted by Gasteiger charge is 2.34. The van der Waals surface area contributed by atoms with Gasteiger partial charge in [-0.05, 0) is 13.3 Å². The molecule has 1 amide bonds. The Morgan fingerprint density at radius 3 is 2.87 bits per heavy atom. The van der Waals surface area contributed by atoms with Crippen molar-refractivity contribution < 1.29 is 9.90 Å². The summed E-state index contributed by atoms with van der Waals surface area (Å²) in [5.74, 6) is -0.0547. The molecule has 1 aliphatic rings. The van der Waals surface area contributed by atoms with Crippen LogP contribution in [0.2, 0.25) is 0 Å². The largest absolute Gasteiger partial charge is 0.388 e. The van der Waals surface area contributed by atoms with Gasteiger partial charge in [-0.1, -0.05) is 0 Å². The average molecular weight is 209 g/mol. The van der Waals surface area contributed by atoms with Crippen LogP contribution in [-0.4, -0.2) is 44.4 Å². The van der Waals surface area contributed by atoms with Crippen LogP contribution < -0.4 is 0 Å². The Balaban J connectivity index is 2.10. The molecule has 1 aliphatic heterocycles. The monoisotopic (exact) mass is 209 g/mol. The lowest BCUT2D eigenvalue weighted by molar-refractivity contribution is 0.0572. The molecule has 1 fully saturated rings. The van der Waals surface area contributed by atoms with E-state index in [1.807, 2.05) is 0 Å². The van der Waals surface area contributed by atoms with Crippen LogP contribution in [0.15, 0.2) is 12.4 Å². The summed E-state index contributed by atoms with van der Waals surface area (Å²) >= 11 is 0. The summed E-state index contributed by atoms with van der Waals surface area (Å²) in [6.45, 7) is 2.77. The summed E-state index contributed by atoms with van der Waals surface area (Å²) in [5, 5.41) is 13.7. The van der Waals surface area contributed by atoms with Gasteiger partial charge in [0.15, 0.2) is 0 Å². The normalized spacial score (nSPS) is 25.9. The molecule has 0 aliphatic carbocycles. The van der Waals surface area contributed by atoms with Crippen molar-refractivity contribution in [2.45, 2.75) is 18.9 Å². The topological polar surface area (TPSA) is 58.4 Å². The Labute approximate surface area is 88.3 Å². The smallest absolute Gasteiger partial charge is 0.257 e. The van der Waals surface area contributed by atoms with E-state index in [2.05, 4.69) is 5.10 Å². The molecule has 1 aromatic rings. The van der Waals surface area contributed by atoms with Crippen LogP contribution in [0.1, 0.15) is 23.7 Å². The zero-order valence-electron chi connectivity index (χ0n) is 8.97. The number of aliphatic hydroxyl groups is 1. The second-order valence-electron chi connectivity index (χ2n) is 4.38. The molecule has 5 heteroatoms. The molecule has 2 rings (SSSR count). The molecule has 82 valence electrons. The lowest BCUT2D eigenvalue weighted by Crippen LogP contribution is -2.33. The van der Waals surface area contributed by atoms with Crippen molar-refractivity contribution in [3.8, 4) is 0 Å². The van der Waals surface area contributed by atoms with Crippen LogP contribution in [-0.2, 0) is 7.05 Å². The van der Waals surface area contributed by atoms with E-state index in [1.165, 1.54) is 0 Å². The Bertz CT molecular complexity index is 384. The highest BCUT2D eigenvalue weighted by Crippen LogP contribution is 2.21. The van der Waals surface area contributed by atoms with Crippen LogP contribution in [0.4, 0.5) is 0 Å². The second kappa shape index (κ2) is 3.34. The van der Waals surface area contributed by atoms with Gasteiger partial charge >= 0.3 is 0 Å². The van der Waals surface area contributed by atoms with Crippen molar-refractivity contribution in [1.29, 1.82) is 0 Å². The molecule has 15 heavy (non-hydrogen) atoms. The molecule has 1 saturated heterocycles. The van der Waals surface area contributed by atoms with Crippen molar-refractivity contribution in [2.24, 2.45) is 7.05 Å². The molecule has 1 atom stereocenters. The number of aryl methyl sites for hydroxylation is 1. The number of likely N-dealkylation sites (tertiary alicyclic amines) is 1. The van der Waals surface area contributed by atoms with E-state index in [0.29, 0.717) is 25.1 Å². The first kappa shape index (κ1) is 10.2. The molecule has 0 aromatic carbocycles. The van der Waals surface area contributed by atoms with Crippen molar-refractivity contribution in [1.82, 2.24) is 14.7 Å². The molecule has 1 aromatic heterocycles. The maximum Gasteiger partial charge on any atom is 0.257 e. The van der Waals surface area contributed by atoms with Crippen molar-refractivity contribution in [3.63, 3.8) is 0 Å². The minimum atomic E-state index is -0.738. The maximum absolute atomic E-state index is 11.9. The number of β-amino-alcohol motifs (C(OH)–C–C–N with tert-alkyl or cyclic N) is 1. The number of amides is 1. The maximum atomic E-state index is 11.9.